The smallest absolute Gasteiger partial charge is 0.413 e. The summed E-state index contributed by atoms with van der Waals surface area (Å²) in [6.07, 6.45) is 1.32. The zero-order chi connectivity index (χ0) is 18.6. The minimum absolute atomic E-state index is 0.218. The molecule has 0 bridgehead atoms. The predicted octanol–water partition coefficient (Wildman–Crippen LogP) is 2.04. The number of nitrogens with one attached hydrogen (secondary N) is 2. The Bertz CT molecular complexity index is 985. The Morgan fingerprint density at radius 3 is 2.96 bits per heavy atom. The number of imidazole rings is 1. The highest BCUT2D eigenvalue weighted by Gasteiger charge is 2.23. The highest BCUT2D eigenvalue weighted by Crippen LogP contribution is 2.23. The first-order valence-corrected chi connectivity index (χ1v) is 8.09. The van der Waals surface area contributed by atoms with E-state index in [1.165, 1.54) is 4.52 Å². The van der Waals surface area contributed by atoms with Gasteiger partial charge in [0, 0.05) is 17.8 Å². The summed E-state index contributed by atoms with van der Waals surface area (Å²) in [7, 11) is 0. The van der Waals surface area contributed by atoms with Crippen molar-refractivity contribution in [3.05, 3.63) is 42.6 Å². The van der Waals surface area contributed by atoms with Gasteiger partial charge in [0.1, 0.15) is 5.75 Å². The lowest BCUT2D eigenvalue weighted by molar-refractivity contribution is -0.105. The third-order valence-electron chi connectivity index (χ3n) is 3.69. The fourth-order valence-electron chi connectivity index (χ4n) is 2.38. The fraction of sp³-hybridized carbons (Fsp3) is 0.176. The van der Waals surface area contributed by atoms with Gasteiger partial charge in [-0.15, -0.1) is 5.10 Å². The van der Waals surface area contributed by atoms with Gasteiger partial charge in [-0.05, 0) is 18.2 Å². The predicted molar refractivity (Wildman–Crippen MR) is 93.9 cm³/mol. The molecule has 0 aliphatic carbocycles. The number of carbonyl (C=O) groups is 2. The van der Waals surface area contributed by atoms with Crippen LogP contribution in [0.1, 0.15) is 0 Å². The van der Waals surface area contributed by atoms with Crippen LogP contribution in [0.25, 0.3) is 5.65 Å². The van der Waals surface area contributed by atoms with Gasteiger partial charge in [-0.25, -0.2) is 14.3 Å². The molecule has 138 valence electrons. The second-order valence-electron chi connectivity index (χ2n) is 5.68. The Balaban J connectivity index is 1.46. The summed E-state index contributed by atoms with van der Waals surface area (Å²) < 4.78 is 17.2. The molecule has 0 unspecified atom stereocenters. The molecule has 3 heterocycles. The molecule has 0 radical (unpaired) electrons. The average Bonchev–Trinajstić information content (AvgIpc) is 3.00. The number of fused-ring (bicyclic) bond motifs is 1. The quantitative estimate of drug-likeness (QED) is 0.639. The average molecular weight is 369 g/mol. The number of amides is 2. The lowest BCUT2D eigenvalue weighted by Gasteiger charge is -2.25. The minimum atomic E-state index is -0.595. The van der Waals surface area contributed by atoms with Crippen LogP contribution in [-0.2, 0) is 14.3 Å². The molecule has 0 atom stereocenters. The molecular formula is C17H15N5O5. The van der Waals surface area contributed by atoms with Crippen LogP contribution < -0.4 is 15.4 Å². The van der Waals surface area contributed by atoms with Crippen LogP contribution in [0.5, 0.6) is 11.6 Å². The molecule has 2 N–H and O–H groups in total. The van der Waals surface area contributed by atoms with E-state index in [0.29, 0.717) is 48.4 Å². The number of benzene rings is 1. The van der Waals surface area contributed by atoms with E-state index >= 15 is 0 Å². The molecular weight excluding hydrogens is 354 g/mol. The van der Waals surface area contributed by atoms with Crippen LogP contribution in [-0.4, -0.2) is 46.4 Å². The number of carbonyl (C=O) groups excluding carboxylic acids is 2. The molecule has 10 nitrogen and oxygen atoms in total. The Labute approximate surface area is 153 Å². The molecule has 1 fully saturated rings. The molecule has 1 saturated heterocycles. The Morgan fingerprint density at radius 2 is 2.19 bits per heavy atom. The van der Waals surface area contributed by atoms with E-state index in [-0.39, 0.29) is 6.10 Å². The van der Waals surface area contributed by atoms with Crippen LogP contribution in [0.3, 0.4) is 0 Å². The summed E-state index contributed by atoms with van der Waals surface area (Å²) in [5.41, 5.74) is 1.13. The van der Waals surface area contributed by atoms with E-state index in [1.54, 1.807) is 42.6 Å². The SMILES string of the molecule is O=CNc1cccc(Oc2ccc3nc(NC(=O)OC4COC4)cn3n2)c1. The van der Waals surface area contributed by atoms with Gasteiger partial charge in [0.05, 0.1) is 19.4 Å². The second-order valence-corrected chi connectivity index (χ2v) is 5.68. The molecule has 10 heteroatoms. The third kappa shape index (κ3) is 3.96. The number of hydrogen-bond acceptors (Lipinski definition) is 7. The Hall–Kier alpha value is -3.66. The fourth-order valence-corrected chi connectivity index (χ4v) is 2.38. The van der Waals surface area contributed by atoms with Crippen molar-refractivity contribution in [1.82, 2.24) is 14.6 Å². The topological polar surface area (TPSA) is 116 Å². The maximum atomic E-state index is 11.8. The van der Waals surface area contributed by atoms with Crippen molar-refractivity contribution in [3.63, 3.8) is 0 Å². The monoisotopic (exact) mass is 369 g/mol. The van der Waals surface area contributed by atoms with Gasteiger partial charge in [0.25, 0.3) is 0 Å². The van der Waals surface area contributed by atoms with Crippen LogP contribution >= 0.6 is 0 Å². The summed E-state index contributed by atoms with van der Waals surface area (Å²) in [5, 5.41) is 9.39. The van der Waals surface area contributed by atoms with Crippen molar-refractivity contribution < 1.29 is 23.8 Å². The third-order valence-corrected chi connectivity index (χ3v) is 3.69. The number of aromatic nitrogens is 3. The van der Waals surface area contributed by atoms with Gasteiger partial charge in [0.2, 0.25) is 12.3 Å². The number of nitrogens with zero attached hydrogens (tertiary/aromatic N) is 3. The molecule has 1 aliphatic rings. The van der Waals surface area contributed by atoms with Crippen LogP contribution in [0.15, 0.2) is 42.6 Å². The number of anilines is 2. The van der Waals surface area contributed by atoms with Crippen LogP contribution in [0, 0.1) is 0 Å². The molecule has 0 spiro atoms. The van der Waals surface area contributed by atoms with Crippen molar-refractivity contribution in [1.29, 1.82) is 0 Å². The molecule has 0 saturated carbocycles. The zero-order valence-electron chi connectivity index (χ0n) is 14.0. The number of hydrogen-bond donors (Lipinski definition) is 2. The second kappa shape index (κ2) is 7.30. The zero-order valence-corrected chi connectivity index (χ0v) is 14.0. The largest absolute Gasteiger partial charge is 0.441 e. The van der Waals surface area contributed by atoms with Gasteiger partial charge in [-0.3, -0.25) is 10.1 Å². The van der Waals surface area contributed by atoms with Crippen molar-refractivity contribution in [2.45, 2.75) is 6.10 Å². The molecule has 1 aliphatic heterocycles. The molecule has 27 heavy (non-hydrogen) atoms. The lowest BCUT2D eigenvalue weighted by Crippen LogP contribution is -2.38. The van der Waals surface area contributed by atoms with Gasteiger partial charge in [-0.1, -0.05) is 6.07 Å². The molecule has 2 amide bonds. The van der Waals surface area contributed by atoms with Gasteiger partial charge in [-0.2, -0.15) is 0 Å². The highest BCUT2D eigenvalue weighted by atomic mass is 16.6. The normalized spacial score (nSPS) is 13.6. The Kier molecular flexibility index (Phi) is 4.54. The maximum absolute atomic E-state index is 11.8. The van der Waals surface area contributed by atoms with E-state index in [2.05, 4.69) is 20.7 Å². The van der Waals surface area contributed by atoms with Gasteiger partial charge >= 0.3 is 6.09 Å². The molecule has 4 rings (SSSR count). The number of rotatable bonds is 6. The summed E-state index contributed by atoms with van der Waals surface area (Å²) >= 11 is 0. The summed E-state index contributed by atoms with van der Waals surface area (Å²) in [4.78, 5) is 26.5. The minimum Gasteiger partial charge on any atom is -0.441 e. The molecule has 1 aromatic carbocycles. The van der Waals surface area contributed by atoms with Crippen molar-refractivity contribution in [3.8, 4) is 11.6 Å². The maximum Gasteiger partial charge on any atom is 0.413 e. The Morgan fingerprint density at radius 1 is 1.30 bits per heavy atom. The number of ether oxygens (including phenoxy) is 3. The first kappa shape index (κ1) is 16.8. The van der Waals surface area contributed by atoms with Crippen molar-refractivity contribution >= 4 is 29.7 Å². The van der Waals surface area contributed by atoms with Crippen LogP contribution in [0.4, 0.5) is 16.3 Å². The standard InChI is InChI=1S/C17H15N5O5/c23-10-18-11-2-1-3-12(6-11)26-16-5-4-15-19-14(7-22(15)21-16)20-17(24)27-13-8-25-9-13/h1-7,10,13H,8-9H2,(H,18,23)(H,20,24). The van der Waals surface area contributed by atoms with Gasteiger partial charge in [0.15, 0.2) is 17.6 Å². The summed E-state index contributed by atoms with van der Waals surface area (Å²) in [6, 6.07) is 10.2. The van der Waals surface area contributed by atoms with Crippen molar-refractivity contribution in [2.75, 3.05) is 23.8 Å². The molecule has 3 aromatic rings. The summed E-state index contributed by atoms with van der Waals surface area (Å²) in [5.74, 6) is 1.14. The van der Waals surface area contributed by atoms with E-state index in [1.807, 2.05) is 0 Å². The first-order chi connectivity index (χ1) is 13.2. The van der Waals surface area contributed by atoms with Crippen LogP contribution in [0.2, 0.25) is 0 Å². The lowest BCUT2D eigenvalue weighted by atomic mass is 10.3. The van der Waals surface area contributed by atoms with E-state index in [4.69, 9.17) is 14.2 Å². The van der Waals surface area contributed by atoms with Crippen molar-refractivity contribution in [2.24, 2.45) is 0 Å². The highest BCUT2D eigenvalue weighted by molar-refractivity contribution is 5.83. The van der Waals surface area contributed by atoms with E-state index < -0.39 is 6.09 Å². The van der Waals surface area contributed by atoms with E-state index in [9.17, 15) is 9.59 Å². The molecule has 2 aromatic heterocycles. The summed E-state index contributed by atoms with van der Waals surface area (Å²) in [6.45, 7) is 0.814. The van der Waals surface area contributed by atoms with E-state index in [0.717, 1.165) is 0 Å². The first-order valence-electron chi connectivity index (χ1n) is 8.09. The van der Waals surface area contributed by atoms with Gasteiger partial charge < -0.3 is 19.5 Å².